The van der Waals surface area contributed by atoms with E-state index in [4.69, 9.17) is 10.5 Å². The van der Waals surface area contributed by atoms with Crippen molar-refractivity contribution in [3.63, 3.8) is 0 Å². The molecule has 0 amide bonds. The Kier molecular flexibility index (Phi) is 4.58. The van der Waals surface area contributed by atoms with Crippen LogP contribution in [0.4, 0.5) is 18.9 Å². The third-order valence-electron chi connectivity index (χ3n) is 1.72. The molecule has 7 heteroatoms. The number of hydrogen-bond acceptors (Lipinski definition) is 4. The van der Waals surface area contributed by atoms with Crippen molar-refractivity contribution in [2.24, 2.45) is 0 Å². The van der Waals surface area contributed by atoms with Gasteiger partial charge in [-0.15, -0.1) is 0 Å². The molecule has 0 aliphatic heterocycles. The van der Waals surface area contributed by atoms with Crippen molar-refractivity contribution in [1.82, 2.24) is 0 Å². The van der Waals surface area contributed by atoms with Crippen LogP contribution in [0.2, 0.25) is 0 Å². The van der Waals surface area contributed by atoms with Crippen molar-refractivity contribution in [2.75, 3.05) is 5.32 Å². The van der Waals surface area contributed by atoms with E-state index in [9.17, 15) is 13.2 Å². The summed E-state index contributed by atoms with van der Waals surface area (Å²) in [6.45, 7) is -3.07. The summed E-state index contributed by atoms with van der Waals surface area (Å²) in [7, 11) is 0. The fourth-order valence-electron chi connectivity index (χ4n) is 1.06. The zero-order chi connectivity index (χ0) is 13.5. The highest BCUT2D eigenvalue weighted by Gasteiger charge is 2.07. The number of benzene rings is 1. The predicted octanol–water partition coefficient (Wildman–Crippen LogP) is 2.77. The van der Waals surface area contributed by atoms with Crippen molar-refractivity contribution < 1.29 is 17.9 Å². The molecule has 1 aromatic rings. The first-order valence-corrected chi connectivity index (χ1v) is 4.57. The average molecular weight is 253 g/mol. The molecule has 92 valence electrons. The quantitative estimate of drug-likeness (QED) is 0.837. The second kappa shape index (κ2) is 6.16. The first kappa shape index (κ1) is 13.4. The lowest BCUT2D eigenvalue weighted by atomic mass is 10.3. The Morgan fingerprint density at radius 2 is 1.94 bits per heavy atom. The molecule has 0 saturated carbocycles. The lowest BCUT2D eigenvalue weighted by Gasteiger charge is -2.07. The normalized spacial score (nSPS) is 9.22. The van der Waals surface area contributed by atoms with E-state index in [1.54, 1.807) is 12.1 Å². The lowest BCUT2D eigenvalue weighted by molar-refractivity contribution is -0.0499. The summed E-state index contributed by atoms with van der Waals surface area (Å²) in [5, 5.41) is 19.3. The highest BCUT2D eigenvalue weighted by Crippen LogP contribution is 2.22. The van der Waals surface area contributed by atoms with Gasteiger partial charge in [-0.2, -0.15) is 19.3 Å². The molecular weight excluding hydrogens is 247 g/mol. The van der Waals surface area contributed by atoms with Gasteiger partial charge >= 0.3 is 6.61 Å². The van der Waals surface area contributed by atoms with Crippen LogP contribution in [0.25, 0.3) is 0 Å². The Hall–Kier alpha value is -2.67. The van der Waals surface area contributed by atoms with Gasteiger partial charge in [-0.3, -0.25) is 0 Å². The molecule has 0 heterocycles. The summed E-state index contributed by atoms with van der Waals surface area (Å²) < 4.78 is 41.0. The van der Waals surface area contributed by atoms with E-state index in [0.717, 1.165) is 24.4 Å². The molecule has 0 unspecified atom stereocenters. The van der Waals surface area contributed by atoms with Gasteiger partial charge < -0.3 is 10.1 Å². The molecule has 0 aromatic heterocycles. The molecule has 1 aromatic carbocycles. The summed E-state index contributed by atoms with van der Waals surface area (Å²) in [6.07, 6.45) is 1.03. The minimum Gasteiger partial charge on any atom is -0.435 e. The molecular formula is C11H6F3N3O. The molecule has 18 heavy (non-hydrogen) atoms. The predicted molar refractivity (Wildman–Crippen MR) is 56.0 cm³/mol. The van der Waals surface area contributed by atoms with Crippen LogP contribution in [0.15, 0.2) is 30.0 Å². The number of hydrogen-bond donors (Lipinski definition) is 1. The first-order chi connectivity index (χ1) is 8.55. The SMILES string of the molecule is N#CC(C#N)=CNc1cc(F)cc(OC(F)F)c1. The molecule has 4 nitrogen and oxygen atoms in total. The molecule has 1 N–H and O–H groups in total. The maximum absolute atomic E-state index is 13.1. The summed E-state index contributed by atoms with van der Waals surface area (Å²) in [5.74, 6) is -1.16. The van der Waals surface area contributed by atoms with Crippen LogP contribution in [0.1, 0.15) is 0 Å². The molecule has 0 bridgehead atoms. The first-order valence-electron chi connectivity index (χ1n) is 4.57. The third kappa shape index (κ3) is 4.06. The number of halogens is 3. The van der Waals surface area contributed by atoms with Crippen molar-refractivity contribution in [3.05, 3.63) is 35.8 Å². The minimum atomic E-state index is -3.07. The van der Waals surface area contributed by atoms with Crippen LogP contribution in [-0.4, -0.2) is 6.61 Å². The van der Waals surface area contributed by atoms with Crippen molar-refractivity contribution in [2.45, 2.75) is 6.61 Å². The smallest absolute Gasteiger partial charge is 0.387 e. The Bertz CT molecular complexity index is 527. The highest BCUT2D eigenvalue weighted by molar-refractivity contribution is 5.52. The van der Waals surface area contributed by atoms with Crippen LogP contribution in [0.5, 0.6) is 5.75 Å². The number of ether oxygens (including phenoxy) is 1. The van der Waals surface area contributed by atoms with E-state index < -0.39 is 12.4 Å². The van der Waals surface area contributed by atoms with Crippen LogP contribution < -0.4 is 10.1 Å². The van der Waals surface area contributed by atoms with Crippen LogP contribution in [0.3, 0.4) is 0 Å². The molecule has 0 spiro atoms. The second-order valence-corrected chi connectivity index (χ2v) is 2.98. The van der Waals surface area contributed by atoms with E-state index >= 15 is 0 Å². The maximum atomic E-state index is 13.1. The van der Waals surface area contributed by atoms with E-state index in [2.05, 4.69) is 10.1 Å². The van der Waals surface area contributed by atoms with Gasteiger partial charge in [0.2, 0.25) is 0 Å². The molecule has 0 atom stereocenters. The summed E-state index contributed by atoms with van der Waals surface area (Å²) in [4.78, 5) is 0. The molecule has 0 fully saturated rings. The van der Waals surface area contributed by atoms with Crippen molar-refractivity contribution in [1.29, 1.82) is 10.5 Å². The Labute approximate surface area is 101 Å². The number of alkyl halides is 2. The van der Waals surface area contributed by atoms with Gasteiger partial charge in [-0.05, 0) is 6.07 Å². The van der Waals surface area contributed by atoms with E-state index in [-0.39, 0.29) is 17.0 Å². The summed E-state index contributed by atoms with van der Waals surface area (Å²) >= 11 is 0. The van der Waals surface area contributed by atoms with E-state index in [0.29, 0.717) is 0 Å². The topological polar surface area (TPSA) is 68.8 Å². The standard InChI is InChI=1S/C11H6F3N3O/c12-8-1-9(17-6-7(4-15)5-16)3-10(2-8)18-11(13)14/h1-3,6,11,17H. The molecule has 0 aliphatic rings. The Morgan fingerprint density at radius 1 is 1.28 bits per heavy atom. The lowest BCUT2D eigenvalue weighted by Crippen LogP contribution is -2.02. The Morgan fingerprint density at radius 3 is 2.50 bits per heavy atom. The zero-order valence-corrected chi connectivity index (χ0v) is 8.82. The Balaban J connectivity index is 2.91. The van der Waals surface area contributed by atoms with Crippen LogP contribution >= 0.6 is 0 Å². The van der Waals surface area contributed by atoms with Gasteiger partial charge in [0.1, 0.15) is 29.3 Å². The summed E-state index contributed by atoms with van der Waals surface area (Å²) in [5.41, 5.74) is -0.163. The van der Waals surface area contributed by atoms with Gasteiger partial charge in [-0.1, -0.05) is 0 Å². The molecule has 0 aliphatic carbocycles. The number of rotatable bonds is 4. The minimum absolute atomic E-state index is 0.0775. The second-order valence-electron chi connectivity index (χ2n) is 2.98. The highest BCUT2D eigenvalue weighted by atomic mass is 19.3. The van der Waals surface area contributed by atoms with Gasteiger partial charge in [0, 0.05) is 24.0 Å². The fraction of sp³-hybridized carbons (Fsp3) is 0.0909. The van der Waals surface area contributed by atoms with E-state index in [1.807, 2.05) is 0 Å². The molecule has 0 radical (unpaired) electrons. The number of nitriles is 2. The number of nitrogens with one attached hydrogen (secondary N) is 1. The zero-order valence-electron chi connectivity index (χ0n) is 8.82. The average Bonchev–Trinajstić information content (AvgIpc) is 2.28. The largest absolute Gasteiger partial charge is 0.435 e. The number of allylic oxidation sites excluding steroid dienone is 1. The van der Waals surface area contributed by atoms with E-state index in [1.165, 1.54) is 0 Å². The number of nitrogens with zero attached hydrogens (tertiary/aromatic N) is 2. The number of anilines is 1. The van der Waals surface area contributed by atoms with Gasteiger partial charge in [0.25, 0.3) is 0 Å². The van der Waals surface area contributed by atoms with Crippen LogP contribution in [0, 0.1) is 28.5 Å². The van der Waals surface area contributed by atoms with Gasteiger partial charge in [-0.25, -0.2) is 4.39 Å². The molecule has 1 rings (SSSR count). The summed E-state index contributed by atoms with van der Waals surface area (Å²) in [6, 6.07) is 6.05. The fourth-order valence-corrected chi connectivity index (χ4v) is 1.06. The van der Waals surface area contributed by atoms with Crippen molar-refractivity contribution >= 4 is 5.69 Å². The third-order valence-corrected chi connectivity index (χ3v) is 1.72. The molecule has 0 saturated heterocycles. The maximum Gasteiger partial charge on any atom is 0.387 e. The van der Waals surface area contributed by atoms with Gasteiger partial charge in [0.15, 0.2) is 0 Å². The van der Waals surface area contributed by atoms with Crippen molar-refractivity contribution in [3.8, 4) is 17.9 Å². The van der Waals surface area contributed by atoms with Crippen LogP contribution in [-0.2, 0) is 0 Å². The monoisotopic (exact) mass is 253 g/mol. The van der Waals surface area contributed by atoms with Gasteiger partial charge in [0.05, 0.1) is 0 Å².